The number of benzene rings is 1. The lowest BCUT2D eigenvalue weighted by molar-refractivity contribution is -0.125. The van der Waals surface area contributed by atoms with Crippen LogP contribution >= 0.6 is 24.0 Å². The molecule has 2 unspecified atom stereocenters. The Labute approximate surface area is 138 Å². The van der Waals surface area contributed by atoms with Gasteiger partial charge in [0.05, 0.1) is 0 Å². The molecule has 0 heterocycles. The number of carbonyl (C=O) groups is 1. The summed E-state index contributed by atoms with van der Waals surface area (Å²) in [5.74, 6) is -0.220. The predicted molar refractivity (Wildman–Crippen MR) is 82.5 cm³/mol. The summed E-state index contributed by atoms with van der Waals surface area (Å²) in [5, 5.41) is 3.12. The van der Waals surface area contributed by atoms with E-state index < -0.39 is 6.61 Å². The van der Waals surface area contributed by atoms with Crippen molar-refractivity contribution in [2.75, 3.05) is 0 Å². The van der Waals surface area contributed by atoms with Crippen LogP contribution in [0, 0.1) is 5.92 Å². The Hall–Kier alpha value is -1.11. The van der Waals surface area contributed by atoms with Gasteiger partial charge in [0.2, 0.25) is 5.91 Å². The first-order chi connectivity index (χ1) is 9.95. The monoisotopic (exact) mass is 354 g/mol. The van der Waals surface area contributed by atoms with Gasteiger partial charge in [-0.3, -0.25) is 4.79 Å². The molecule has 0 spiro atoms. The van der Waals surface area contributed by atoms with Gasteiger partial charge in [0.15, 0.2) is 0 Å². The smallest absolute Gasteiger partial charge is 0.387 e. The van der Waals surface area contributed by atoms with Crippen LogP contribution in [0.25, 0.3) is 0 Å². The van der Waals surface area contributed by atoms with Crippen molar-refractivity contribution in [2.45, 2.75) is 38.5 Å². The van der Waals surface area contributed by atoms with Crippen molar-refractivity contribution in [1.82, 2.24) is 5.32 Å². The van der Waals surface area contributed by atoms with Crippen molar-refractivity contribution in [3.05, 3.63) is 28.8 Å². The van der Waals surface area contributed by atoms with Crippen LogP contribution in [0.1, 0.15) is 24.8 Å². The summed E-state index contributed by atoms with van der Waals surface area (Å²) < 4.78 is 29.1. The molecule has 2 atom stereocenters. The SMILES string of the molecule is Cl.NC1CCC(C(=O)NCc2cc(Cl)ccc2OC(F)F)C1. The molecule has 124 valence electrons. The van der Waals surface area contributed by atoms with Crippen molar-refractivity contribution in [2.24, 2.45) is 11.7 Å². The maximum atomic E-state index is 12.3. The van der Waals surface area contributed by atoms with E-state index in [0.717, 1.165) is 12.8 Å². The molecule has 1 aliphatic carbocycles. The van der Waals surface area contributed by atoms with Gasteiger partial charge in [-0.15, -0.1) is 12.4 Å². The van der Waals surface area contributed by atoms with Crippen LogP contribution in [-0.2, 0) is 11.3 Å². The summed E-state index contributed by atoms with van der Waals surface area (Å²) in [4.78, 5) is 12.0. The minimum absolute atomic E-state index is 0. The standard InChI is InChI=1S/C14H17ClF2N2O2.ClH/c15-10-2-4-12(21-14(16)17)9(5-10)7-19-13(20)8-1-3-11(18)6-8;/h2,4-5,8,11,14H,1,3,6-7,18H2,(H,19,20);1H. The van der Waals surface area contributed by atoms with Crippen LogP contribution in [0.4, 0.5) is 8.78 Å². The summed E-state index contributed by atoms with van der Waals surface area (Å²) >= 11 is 5.84. The zero-order valence-electron chi connectivity index (χ0n) is 11.7. The lowest BCUT2D eigenvalue weighted by atomic mass is 10.1. The number of hydrogen-bond donors (Lipinski definition) is 2. The molecule has 0 aromatic heterocycles. The third-order valence-electron chi connectivity index (χ3n) is 3.54. The van der Waals surface area contributed by atoms with Crippen molar-refractivity contribution < 1.29 is 18.3 Å². The van der Waals surface area contributed by atoms with Gasteiger partial charge in [-0.25, -0.2) is 0 Å². The molecular weight excluding hydrogens is 337 g/mol. The van der Waals surface area contributed by atoms with Crippen molar-refractivity contribution in [3.63, 3.8) is 0 Å². The van der Waals surface area contributed by atoms with Gasteiger partial charge in [-0.1, -0.05) is 11.6 Å². The molecule has 0 bridgehead atoms. The van der Waals surface area contributed by atoms with E-state index in [1.54, 1.807) is 0 Å². The first-order valence-electron chi connectivity index (χ1n) is 6.72. The van der Waals surface area contributed by atoms with Crippen molar-refractivity contribution >= 4 is 29.9 Å². The van der Waals surface area contributed by atoms with Crippen LogP contribution in [0.3, 0.4) is 0 Å². The molecule has 1 saturated carbocycles. The molecule has 1 aliphatic rings. The first-order valence-corrected chi connectivity index (χ1v) is 7.10. The number of halogens is 4. The fourth-order valence-corrected chi connectivity index (χ4v) is 2.67. The van der Waals surface area contributed by atoms with Crippen LogP contribution in [0.5, 0.6) is 5.75 Å². The molecule has 8 heteroatoms. The van der Waals surface area contributed by atoms with Gasteiger partial charge in [-0.05, 0) is 37.5 Å². The zero-order valence-corrected chi connectivity index (χ0v) is 13.3. The van der Waals surface area contributed by atoms with E-state index in [4.69, 9.17) is 17.3 Å². The maximum absolute atomic E-state index is 12.3. The largest absolute Gasteiger partial charge is 0.434 e. The Bertz CT molecular complexity index is 518. The normalized spacial score (nSPS) is 20.6. The fourth-order valence-electron chi connectivity index (χ4n) is 2.48. The number of hydrogen-bond acceptors (Lipinski definition) is 3. The number of rotatable bonds is 5. The highest BCUT2D eigenvalue weighted by molar-refractivity contribution is 6.30. The number of amides is 1. The molecule has 1 aromatic carbocycles. The molecule has 0 radical (unpaired) electrons. The molecule has 0 aliphatic heterocycles. The third kappa shape index (κ3) is 5.26. The highest BCUT2D eigenvalue weighted by Crippen LogP contribution is 2.26. The Morgan fingerprint density at radius 1 is 1.45 bits per heavy atom. The van der Waals surface area contributed by atoms with Crippen LogP contribution in [-0.4, -0.2) is 18.6 Å². The fraction of sp³-hybridized carbons (Fsp3) is 0.500. The maximum Gasteiger partial charge on any atom is 0.387 e. The minimum Gasteiger partial charge on any atom is -0.434 e. The van der Waals surface area contributed by atoms with Gasteiger partial charge in [0.1, 0.15) is 5.75 Å². The van der Waals surface area contributed by atoms with Gasteiger partial charge in [0, 0.05) is 29.1 Å². The second-order valence-electron chi connectivity index (χ2n) is 5.12. The van der Waals surface area contributed by atoms with Crippen LogP contribution in [0.15, 0.2) is 18.2 Å². The Kier molecular flexibility index (Phi) is 7.32. The lowest BCUT2D eigenvalue weighted by Crippen LogP contribution is -2.30. The molecule has 2 rings (SSSR count). The summed E-state index contributed by atoms with van der Waals surface area (Å²) in [6, 6.07) is 4.38. The molecule has 3 N–H and O–H groups in total. The molecule has 1 amide bonds. The summed E-state index contributed by atoms with van der Waals surface area (Å²) in [6.45, 7) is -2.83. The first kappa shape index (κ1) is 18.9. The average molecular weight is 355 g/mol. The van der Waals surface area contributed by atoms with Gasteiger partial charge < -0.3 is 15.8 Å². The van der Waals surface area contributed by atoms with E-state index in [9.17, 15) is 13.6 Å². The van der Waals surface area contributed by atoms with Gasteiger partial charge in [0.25, 0.3) is 0 Å². The van der Waals surface area contributed by atoms with E-state index in [0.29, 0.717) is 17.0 Å². The van der Waals surface area contributed by atoms with Crippen LogP contribution < -0.4 is 15.8 Å². The van der Waals surface area contributed by atoms with Crippen molar-refractivity contribution in [1.29, 1.82) is 0 Å². The number of carbonyl (C=O) groups excluding carboxylic acids is 1. The molecule has 22 heavy (non-hydrogen) atoms. The highest BCUT2D eigenvalue weighted by Gasteiger charge is 2.27. The van der Waals surface area contributed by atoms with E-state index in [1.807, 2.05) is 0 Å². The average Bonchev–Trinajstić information content (AvgIpc) is 2.85. The Morgan fingerprint density at radius 3 is 2.77 bits per heavy atom. The highest BCUT2D eigenvalue weighted by atomic mass is 35.5. The van der Waals surface area contributed by atoms with Gasteiger partial charge >= 0.3 is 6.61 Å². The van der Waals surface area contributed by atoms with Crippen molar-refractivity contribution in [3.8, 4) is 5.75 Å². The lowest BCUT2D eigenvalue weighted by Gasteiger charge is -2.14. The summed E-state index contributed by atoms with van der Waals surface area (Å²) in [6.07, 6.45) is 2.24. The Balaban J connectivity index is 0.00000242. The van der Waals surface area contributed by atoms with E-state index in [1.165, 1.54) is 18.2 Å². The quantitative estimate of drug-likeness (QED) is 0.853. The molecule has 0 saturated heterocycles. The van der Waals surface area contributed by atoms with E-state index in [2.05, 4.69) is 10.1 Å². The third-order valence-corrected chi connectivity index (χ3v) is 3.77. The Morgan fingerprint density at radius 2 is 2.18 bits per heavy atom. The van der Waals surface area contributed by atoms with Crippen LogP contribution in [0.2, 0.25) is 5.02 Å². The summed E-state index contributed by atoms with van der Waals surface area (Å²) in [5.41, 5.74) is 6.18. The molecule has 4 nitrogen and oxygen atoms in total. The van der Waals surface area contributed by atoms with E-state index >= 15 is 0 Å². The zero-order chi connectivity index (χ0) is 15.4. The minimum atomic E-state index is -2.92. The molecule has 1 aromatic rings. The molecule has 1 fully saturated rings. The number of nitrogens with two attached hydrogens (primary N) is 1. The number of nitrogens with one attached hydrogen (secondary N) is 1. The predicted octanol–water partition coefficient (Wildman–Crippen LogP) is 3.11. The second-order valence-corrected chi connectivity index (χ2v) is 5.55. The second kappa shape index (κ2) is 8.50. The van der Waals surface area contributed by atoms with Gasteiger partial charge in [-0.2, -0.15) is 8.78 Å². The van der Waals surface area contributed by atoms with E-state index in [-0.39, 0.29) is 42.6 Å². The number of ether oxygens (including phenoxy) is 1. The molecular formula is C14H18Cl2F2N2O2. The topological polar surface area (TPSA) is 64.4 Å². The number of alkyl halides is 2. The summed E-state index contributed by atoms with van der Waals surface area (Å²) in [7, 11) is 0.